The number of nitrogens with zero attached hydrogens (tertiary/aromatic N) is 1. The topological polar surface area (TPSA) is 90.2 Å². The van der Waals surface area contributed by atoms with Gasteiger partial charge in [-0.2, -0.15) is 0 Å². The zero-order chi connectivity index (χ0) is 10.7. The zero-order valence-electron chi connectivity index (χ0n) is 8.23. The molecule has 0 aromatic carbocycles. The number of aromatic nitrogens is 2. The van der Waals surface area contributed by atoms with Crippen molar-refractivity contribution in [2.24, 2.45) is 5.92 Å². The van der Waals surface area contributed by atoms with Crippen molar-refractivity contribution in [3.05, 3.63) is 16.7 Å². The van der Waals surface area contributed by atoms with Gasteiger partial charge in [0.25, 0.3) is 5.56 Å². The van der Waals surface area contributed by atoms with Crippen LogP contribution in [0.4, 0.5) is 5.69 Å². The Labute approximate surface area is 86.4 Å². The number of nitrogens with two attached hydrogens (primary N) is 1. The maximum Gasteiger partial charge on any atom is 0.277 e. The molecule has 1 fully saturated rings. The molecule has 3 N–H and O–H groups in total. The van der Waals surface area contributed by atoms with E-state index >= 15 is 0 Å². The first-order valence-corrected chi connectivity index (χ1v) is 4.81. The van der Waals surface area contributed by atoms with E-state index in [1.165, 1.54) is 6.33 Å². The lowest BCUT2D eigenvalue weighted by atomic mass is 10.1. The van der Waals surface area contributed by atoms with Gasteiger partial charge in [-0.05, 0) is 6.42 Å². The molecule has 1 atom stereocenters. The van der Waals surface area contributed by atoms with Crippen LogP contribution in [-0.2, 0) is 4.74 Å². The van der Waals surface area contributed by atoms with E-state index in [1.54, 1.807) is 0 Å². The van der Waals surface area contributed by atoms with Crippen molar-refractivity contribution >= 4 is 5.69 Å². The first kappa shape index (κ1) is 9.97. The van der Waals surface area contributed by atoms with Crippen molar-refractivity contribution in [2.75, 3.05) is 25.6 Å². The predicted octanol–water partition coefficient (Wildman–Crippen LogP) is -0.233. The molecule has 15 heavy (non-hydrogen) atoms. The summed E-state index contributed by atoms with van der Waals surface area (Å²) < 4.78 is 10.6. The van der Waals surface area contributed by atoms with Crippen LogP contribution in [0.25, 0.3) is 0 Å². The van der Waals surface area contributed by atoms with Crippen molar-refractivity contribution in [1.29, 1.82) is 0 Å². The Bertz CT molecular complexity index is 384. The fourth-order valence-electron chi connectivity index (χ4n) is 1.42. The molecule has 1 saturated heterocycles. The molecule has 6 nitrogen and oxygen atoms in total. The number of aromatic amines is 1. The fourth-order valence-corrected chi connectivity index (χ4v) is 1.42. The Morgan fingerprint density at radius 3 is 3.33 bits per heavy atom. The van der Waals surface area contributed by atoms with E-state index in [2.05, 4.69) is 9.97 Å². The molecule has 1 unspecified atom stereocenters. The smallest absolute Gasteiger partial charge is 0.277 e. The Morgan fingerprint density at radius 1 is 1.73 bits per heavy atom. The van der Waals surface area contributed by atoms with Crippen LogP contribution in [0.1, 0.15) is 6.42 Å². The molecule has 0 saturated carbocycles. The minimum absolute atomic E-state index is 0.0245. The number of rotatable bonds is 3. The number of ether oxygens (including phenoxy) is 2. The van der Waals surface area contributed by atoms with E-state index in [9.17, 15) is 4.79 Å². The Hall–Kier alpha value is -1.56. The number of hydrogen-bond donors (Lipinski definition) is 2. The summed E-state index contributed by atoms with van der Waals surface area (Å²) in [4.78, 5) is 17.3. The minimum Gasteiger partial charge on any atom is -0.476 e. The van der Waals surface area contributed by atoms with Gasteiger partial charge >= 0.3 is 0 Å². The fraction of sp³-hybridized carbons (Fsp3) is 0.556. The van der Waals surface area contributed by atoms with Gasteiger partial charge < -0.3 is 20.2 Å². The highest BCUT2D eigenvalue weighted by molar-refractivity contribution is 5.44. The molecule has 1 aliphatic heterocycles. The number of hydrogen-bond acceptors (Lipinski definition) is 5. The summed E-state index contributed by atoms with van der Waals surface area (Å²) >= 11 is 0. The van der Waals surface area contributed by atoms with Gasteiger partial charge in [0.15, 0.2) is 5.69 Å². The average Bonchev–Trinajstić information content (AvgIpc) is 2.73. The third-order valence-electron chi connectivity index (χ3n) is 2.33. The molecule has 0 radical (unpaired) electrons. The van der Waals surface area contributed by atoms with Gasteiger partial charge in [0.2, 0.25) is 5.88 Å². The standard InChI is InChI=1S/C9H13N3O3/c10-7-8(13)11-5-12-9(7)15-4-6-1-2-14-3-6/h5-6H,1-4,10H2,(H,11,12,13). The van der Waals surface area contributed by atoms with Crippen LogP contribution in [0, 0.1) is 5.92 Å². The molecule has 2 rings (SSSR count). The maximum absolute atomic E-state index is 11.1. The van der Waals surface area contributed by atoms with E-state index in [0.717, 1.165) is 13.0 Å². The second kappa shape index (κ2) is 4.31. The molecule has 6 heteroatoms. The number of H-pyrrole nitrogens is 1. The van der Waals surface area contributed by atoms with Gasteiger partial charge in [-0.15, -0.1) is 0 Å². The summed E-state index contributed by atoms with van der Waals surface area (Å²) in [5, 5.41) is 0. The molecule has 0 amide bonds. The SMILES string of the molecule is Nc1c(OCC2CCOC2)nc[nH]c1=O. The molecule has 1 aromatic rings. The van der Waals surface area contributed by atoms with Gasteiger partial charge in [0, 0.05) is 12.5 Å². The highest BCUT2D eigenvalue weighted by atomic mass is 16.5. The number of nitrogen functional groups attached to an aromatic ring is 1. The maximum atomic E-state index is 11.1. The second-order valence-electron chi connectivity index (χ2n) is 3.49. The zero-order valence-corrected chi connectivity index (χ0v) is 8.23. The third-order valence-corrected chi connectivity index (χ3v) is 2.33. The molecule has 2 heterocycles. The van der Waals surface area contributed by atoms with Crippen molar-refractivity contribution in [2.45, 2.75) is 6.42 Å². The molecule has 0 bridgehead atoms. The lowest BCUT2D eigenvalue weighted by molar-refractivity contribution is 0.165. The molecule has 82 valence electrons. The molecular weight excluding hydrogens is 198 g/mol. The first-order valence-electron chi connectivity index (χ1n) is 4.81. The van der Waals surface area contributed by atoms with E-state index in [0.29, 0.717) is 19.1 Å². The predicted molar refractivity (Wildman–Crippen MR) is 53.7 cm³/mol. The van der Waals surface area contributed by atoms with E-state index in [1.807, 2.05) is 0 Å². The van der Waals surface area contributed by atoms with Crippen molar-refractivity contribution in [3.8, 4) is 5.88 Å². The van der Waals surface area contributed by atoms with Gasteiger partial charge in [0.05, 0.1) is 19.5 Å². The third kappa shape index (κ3) is 2.27. The second-order valence-corrected chi connectivity index (χ2v) is 3.49. The lowest BCUT2D eigenvalue weighted by Crippen LogP contribution is -2.18. The highest BCUT2D eigenvalue weighted by Gasteiger charge is 2.17. The Balaban J connectivity index is 1.98. The molecular formula is C9H13N3O3. The largest absolute Gasteiger partial charge is 0.476 e. The van der Waals surface area contributed by atoms with Gasteiger partial charge in [0.1, 0.15) is 0 Å². The number of anilines is 1. The van der Waals surface area contributed by atoms with E-state index in [4.69, 9.17) is 15.2 Å². The average molecular weight is 211 g/mol. The van der Waals surface area contributed by atoms with Gasteiger partial charge in [-0.25, -0.2) is 4.98 Å². The van der Waals surface area contributed by atoms with Crippen molar-refractivity contribution < 1.29 is 9.47 Å². The Kier molecular flexibility index (Phi) is 2.86. The van der Waals surface area contributed by atoms with Crippen LogP contribution in [0.5, 0.6) is 5.88 Å². The quantitative estimate of drug-likeness (QED) is 0.720. The first-order chi connectivity index (χ1) is 7.27. The van der Waals surface area contributed by atoms with Crippen LogP contribution in [0.3, 0.4) is 0 Å². The lowest BCUT2D eigenvalue weighted by Gasteiger charge is -2.09. The molecule has 1 aromatic heterocycles. The molecule has 0 aliphatic carbocycles. The summed E-state index contributed by atoms with van der Waals surface area (Å²) in [5.41, 5.74) is 5.16. The summed E-state index contributed by atoms with van der Waals surface area (Å²) in [6.45, 7) is 1.95. The van der Waals surface area contributed by atoms with Crippen LogP contribution >= 0.6 is 0 Å². The number of nitrogens with one attached hydrogen (secondary N) is 1. The normalized spacial score (nSPS) is 20.4. The van der Waals surface area contributed by atoms with E-state index in [-0.39, 0.29) is 17.1 Å². The summed E-state index contributed by atoms with van der Waals surface area (Å²) in [5.74, 6) is 0.566. The summed E-state index contributed by atoms with van der Waals surface area (Å²) in [6.07, 6.45) is 2.25. The molecule has 1 aliphatic rings. The Morgan fingerprint density at radius 2 is 2.60 bits per heavy atom. The monoisotopic (exact) mass is 211 g/mol. The molecule has 0 spiro atoms. The van der Waals surface area contributed by atoms with Crippen molar-refractivity contribution in [3.63, 3.8) is 0 Å². The van der Waals surface area contributed by atoms with Gasteiger partial charge in [-0.1, -0.05) is 0 Å². The van der Waals surface area contributed by atoms with Crippen LogP contribution < -0.4 is 16.0 Å². The van der Waals surface area contributed by atoms with Crippen LogP contribution in [-0.4, -0.2) is 29.8 Å². The van der Waals surface area contributed by atoms with Gasteiger partial charge in [-0.3, -0.25) is 4.79 Å². The minimum atomic E-state index is -0.373. The van der Waals surface area contributed by atoms with Crippen LogP contribution in [0.2, 0.25) is 0 Å². The van der Waals surface area contributed by atoms with Crippen molar-refractivity contribution in [1.82, 2.24) is 9.97 Å². The summed E-state index contributed by atoms with van der Waals surface area (Å²) in [6, 6.07) is 0. The highest BCUT2D eigenvalue weighted by Crippen LogP contribution is 2.16. The summed E-state index contributed by atoms with van der Waals surface area (Å²) in [7, 11) is 0. The van der Waals surface area contributed by atoms with E-state index < -0.39 is 0 Å². The van der Waals surface area contributed by atoms with Crippen LogP contribution in [0.15, 0.2) is 11.1 Å².